The van der Waals surface area contributed by atoms with Crippen molar-refractivity contribution in [1.82, 2.24) is 0 Å². The third-order valence-corrected chi connectivity index (χ3v) is 4.53. The molecule has 0 saturated carbocycles. The minimum atomic E-state index is -0.577. The van der Waals surface area contributed by atoms with Crippen molar-refractivity contribution < 1.29 is 9.53 Å². The average molecular weight is 334 g/mol. The van der Waals surface area contributed by atoms with E-state index in [1.165, 1.54) is 24.0 Å². The fourth-order valence-electron chi connectivity index (χ4n) is 3.14. The Hall–Kier alpha value is -2.80. The van der Waals surface area contributed by atoms with Gasteiger partial charge in [-0.2, -0.15) is 5.26 Å². The highest BCUT2D eigenvalue weighted by atomic mass is 16.5. The highest BCUT2D eigenvalue weighted by molar-refractivity contribution is 5.94. The maximum Gasteiger partial charge on any atom is 0.265 e. The molecule has 2 aromatic carbocycles. The van der Waals surface area contributed by atoms with Gasteiger partial charge in [-0.05, 0) is 67.5 Å². The maximum absolute atomic E-state index is 12.4. The van der Waals surface area contributed by atoms with E-state index < -0.39 is 6.10 Å². The quantitative estimate of drug-likeness (QED) is 0.897. The fourth-order valence-corrected chi connectivity index (χ4v) is 3.14. The van der Waals surface area contributed by atoms with E-state index in [-0.39, 0.29) is 5.91 Å². The Labute approximate surface area is 148 Å². The second kappa shape index (κ2) is 7.85. The van der Waals surface area contributed by atoms with Crippen molar-refractivity contribution in [2.45, 2.75) is 45.1 Å². The van der Waals surface area contributed by atoms with E-state index in [0.717, 1.165) is 24.2 Å². The van der Waals surface area contributed by atoms with E-state index >= 15 is 0 Å². The molecule has 0 spiro atoms. The van der Waals surface area contributed by atoms with Gasteiger partial charge in [-0.3, -0.25) is 4.79 Å². The Morgan fingerprint density at radius 3 is 2.72 bits per heavy atom. The third-order valence-electron chi connectivity index (χ3n) is 4.53. The van der Waals surface area contributed by atoms with Gasteiger partial charge in [-0.1, -0.05) is 24.3 Å². The SMILES string of the molecule is CC(Oc1cccc2c1CCCC2)C(=O)Nc1ccc(CC#N)cc1. The van der Waals surface area contributed by atoms with Gasteiger partial charge in [-0.25, -0.2) is 0 Å². The molecule has 1 aliphatic rings. The lowest BCUT2D eigenvalue weighted by Gasteiger charge is -2.22. The minimum Gasteiger partial charge on any atom is -0.481 e. The van der Waals surface area contributed by atoms with Gasteiger partial charge in [0.05, 0.1) is 12.5 Å². The number of hydrogen-bond donors (Lipinski definition) is 1. The fraction of sp³-hybridized carbons (Fsp3) is 0.333. The highest BCUT2D eigenvalue weighted by Gasteiger charge is 2.19. The Balaban J connectivity index is 1.64. The van der Waals surface area contributed by atoms with Crippen LogP contribution in [0.15, 0.2) is 42.5 Å². The number of aryl methyl sites for hydroxylation is 1. The molecule has 1 amide bonds. The van der Waals surface area contributed by atoms with Gasteiger partial charge < -0.3 is 10.1 Å². The molecule has 25 heavy (non-hydrogen) atoms. The molecule has 0 radical (unpaired) electrons. The first-order valence-electron chi connectivity index (χ1n) is 8.71. The van der Waals surface area contributed by atoms with Crippen molar-refractivity contribution in [3.8, 4) is 11.8 Å². The first-order chi connectivity index (χ1) is 12.2. The van der Waals surface area contributed by atoms with Crippen molar-refractivity contribution in [1.29, 1.82) is 5.26 Å². The van der Waals surface area contributed by atoms with Gasteiger partial charge in [0.15, 0.2) is 6.10 Å². The lowest BCUT2D eigenvalue weighted by molar-refractivity contribution is -0.122. The molecular weight excluding hydrogens is 312 g/mol. The van der Waals surface area contributed by atoms with Crippen molar-refractivity contribution in [3.05, 3.63) is 59.2 Å². The summed E-state index contributed by atoms with van der Waals surface area (Å²) in [5, 5.41) is 11.6. The van der Waals surface area contributed by atoms with Crippen LogP contribution in [0, 0.1) is 11.3 Å². The standard InChI is InChI=1S/C21H22N2O2/c1-15(21(24)23-18-11-9-16(10-12-18)13-14-22)25-20-8-4-6-17-5-2-3-7-19(17)20/h4,6,8-12,15H,2-3,5,7,13H2,1H3,(H,23,24). The number of hydrogen-bond acceptors (Lipinski definition) is 3. The number of carbonyl (C=O) groups excluding carboxylic acids is 1. The first-order valence-corrected chi connectivity index (χ1v) is 8.71. The number of amides is 1. The summed E-state index contributed by atoms with van der Waals surface area (Å²) < 4.78 is 5.95. The van der Waals surface area contributed by atoms with E-state index in [2.05, 4.69) is 17.5 Å². The van der Waals surface area contributed by atoms with Crippen LogP contribution in [-0.2, 0) is 24.1 Å². The van der Waals surface area contributed by atoms with Crippen molar-refractivity contribution in [2.24, 2.45) is 0 Å². The van der Waals surface area contributed by atoms with Crippen LogP contribution in [0.1, 0.15) is 36.5 Å². The molecule has 4 nitrogen and oxygen atoms in total. The number of nitriles is 1. The van der Waals surface area contributed by atoms with Crippen LogP contribution < -0.4 is 10.1 Å². The molecule has 1 N–H and O–H groups in total. The number of rotatable bonds is 5. The van der Waals surface area contributed by atoms with Gasteiger partial charge in [-0.15, -0.1) is 0 Å². The van der Waals surface area contributed by atoms with E-state index in [4.69, 9.17) is 10.00 Å². The number of benzene rings is 2. The normalized spacial score (nSPS) is 14.1. The summed E-state index contributed by atoms with van der Waals surface area (Å²) in [6.07, 6.45) is 4.28. The topological polar surface area (TPSA) is 62.1 Å². The van der Waals surface area contributed by atoms with Gasteiger partial charge in [0.2, 0.25) is 0 Å². The maximum atomic E-state index is 12.4. The summed E-state index contributed by atoms with van der Waals surface area (Å²) in [5.41, 5.74) is 4.22. The van der Waals surface area contributed by atoms with Crippen molar-refractivity contribution in [2.75, 3.05) is 5.32 Å². The van der Waals surface area contributed by atoms with Crippen LogP contribution in [0.25, 0.3) is 0 Å². The highest BCUT2D eigenvalue weighted by Crippen LogP contribution is 2.30. The second-order valence-corrected chi connectivity index (χ2v) is 6.38. The minimum absolute atomic E-state index is 0.179. The van der Waals surface area contributed by atoms with Crippen molar-refractivity contribution in [3.63, 3.8) is 0 Å². The van der Waals surface area contributed by atoms with Gasteiger partial charge in [0.25, 0.3) is 5.91 Å². The van der Waals surface area contributed by atoms with Crippen LogP contribution in [0.2, 0.25) is 0 Å². The van der Waals surface area contributed by atoms with Crippen LogP contribution in [0.5, 0.6) is 5.75 Å². The zero-order valence-electron chi connectivity index (χ0n) is 14.4. The molecule has 2 aromatic rings. The molecule has 0 heterocycles. The van der Waals surface area contributed by atoms with Gasteiger partial charge in [0.1, 0.15) is 5.75 Å². The average Bonchev–Trinajstić information content (AvgIpc) is 2.64. The molecule has 4 heteroatoms. The Bertz CT molecular complexity index is 791. The van der Waals surface area contributed by atoms with Crippen LogP contribution in [0.4, 0.5) is 5.69 Å². The molecule has 0 aliphatic heterocycles. The zero-order valence-corrected chi connectivity index (χ0v) is 14.4. The summed E-state index contributed by atoms with van der Waals surface area (Å²) >= 11 is 0. The summed E-state index contributed by atoms with van der Waals surface area (Å²) in [7, 11) is 0. The van der Waals surface area contributed by atoms with Crippen LogP contribution in [-0.4, -0.2) is 12.0 Å². The van der Waals surface area contributed by atoms with Gasteiger partial charge in [0, 0.05) is 5.69 Å². The number of nitrogens with zero attached hydrogens (tertiary/aromatic N) is 1. The summed E-state index contributed by atoms with van der Waals surface area (Å²) in [6, 6.07) is 15.5. The molecule has 0 aromatic heterocycles. The molecular formula is C21H22N2O2. The smallest absolute Gasteiger partial charge is 0.265 e. The third kappa shape index (κ3) is 4.19. The lowest BCUT2D eigenvalue weighted by atomic mass is 9.91. The Morgan fingerprint density at radius 1 is 1.20 bits per heavy atom. The van der Waals surface area contributed by atoms with Crippen LogP contribution in [0.3, 0.4) is 0 Å². The first kappa shape index (κ1) is 17.0. The monoisotopic (exact) mass is 334 g/mol. The predicted octanol–water partition coefficient (Wildman–Crippen LogP) is 4.04. The lowest BCUT2D eigenvalue weighted by Crippen LogP contribution is -2.30. The van der Waals surface area contributed by atoms with Crippen LogP contribution >= 0.6 is 0 Å². The molecule has 3 rings (SSSR count). The number of fused-ring (bicyclic) bond motifs is 1. The number of carbonyl (C=O) groups is 1. The molecule has 0 bridgehead atoms. The largest absolute Gasteiger partial charge is 0.481 e. The van der Waals surface area contributed by atoms with E-state index in [1.807, 2.05) is 36.4 Å². The van der Waals surface area contributed by atoms with E-state index in [9.17, 15) is 4.79 Å². The van der Waals surface area contributed by atoms with Crippen molar-refractivity contribution >= 4 is 11.6 Å². The second-order valence-electron chi connectivity index (χ2n) is 6.38. The predicted molar refractivity (Wildman–Crippen MR) is 97.6 cm³/mol. The molecule has 0 saturated heterocycles. The number of ether oxygens (including phenoxy) is 1. The number of nitrogens with one attached hydrogen (secondary N) is 1. The summed E-state index contributed by atoms with van der Waals surface area (Å²) in [5.74, 6) is 0.644. The molecule has 128 valence electrons. The summed E-state index contributed by atoms with van der Waals surface area (Å²) in [6.45, 7) is 1.77. The Morgan fingerprint density at radius 2 is 1.96 bits per heavy atom. The molecule has 0 fully saturated rings. The molecule has 1 aliphatic carbocycles. The zero-order chi connectivity index (χ0) is 17.6. The van der Waals surface area contributed by atoms with E-state index in [0.29, 0.717) is 12.1 Å². The molecule has 1 unspecified atom stereocenters. The number of anilines is 1. The summed E-state index contributed by atoms with van der Waals surface area (Å²) in [4.78, 5) is 12.4. The molecule has 1 atom stereocenters. The Kier molecular flexibility index (Phi) is 5.35. The van der Waals surface area contributed by atoms with E-state index in [1.54, 1.807) is 6.92 Å². The van der Waals surface area contributed by atoms with Gasteiger partial charge >= 0.3 is 0 Å².